The summed E-state index contributed by atoms with van der Waals surface area (Å²) >= 11 is 0. The molecule has 4 atom stereocenters. The maximum atomic E-state index is 13.3. The minimum absolute atomic E-state index is 0.0882. The normalized spacial score (nSPS) is 26.5. The molecular weight excluding hydrogens is 437 g/mol. The summed E-state index contributed by atoms with van der Waals surface area (Å²) in [6.45, 7) is 0.375. The fourth-order valence-corrected chi connectivity index (χ4v) is 5.39. The van der Waals surface area contributed by atoms with Crippen LogP contribution in [0.2, 0.25) is 0 Å². The molecule has 3 aliphatic heterocycles. The lowest BCUT2D eigenvalue weighted by Gasteiger charge is -2.49. The van der Waals surface area contributed by atoms with Crippen LogP contribution in [0, 0.1) is 17.8 Å². The van der Waals surface area contributed by atoms with Gasteiger partial charge in [0.05, 0.1) is 23.1 Å². The molecule has 6 nitrogen and oxygen atoms in total. The Labute approximate surface area is 187 Å². The number of hydrogen-bond acceptors (Lipinski definition) is 4. The number of imide groups is 1. The van der Waals surface area contributed by atoms with Gasteiger partial charge in [-0.2, -0.15) is 13.2 Å². The molecule has 4 aliphatic rings. The Kier molecular flexibility index (Phi) is 5.14. The molecule has 2 unspecified atom stereocenters. The first-order chi connectivity index (χ1) is 15.8. The zero-order valence-corrected chi connectivity index (χ0v) is 17.5. The van der Waals surface area contributed by atoms with Gasteiger partial charge in [0.1, 0.15) is 6.61 Å². The summed E-state index contributed by atoms with van der Waals surface area (Å²) in [5, 5.41) is 0. The highest BCUT2D eigenvalue weighted by Gasteiger charge is 2.61. The number of anilines is 1. The number of halogens is 3. The Morgan fingerprint density at radius 2 is 1.70 bits per heavy atom. The Morgan fingerprint density at radius 1 is 0.970 bits per heavy atom. The average molecular weight is 458 g/mol. The molecule has 3 amide bonds. The third kappa shape index (κ3) is 3.65. The first-order valence-electron chi connectivity index (χ1n) is 10.8. The van der Waals surface area contributed by atoms with E-state index < -0.39 is 47.5 Å². The molecule has 0 aromatic heterocycles. The number of nitrogens with zero attached hydrogens (tertiary/aromatic N) is 2. The molecule has 9 heteroatoms. The van der Waals surface area contributed by atoms with Gasteiger partial charge in [-0.1, -0.05) is 36.4 Å². The SMILES string of the molecule is O=C1[C@@H]2C3CCC(CN3C(=O)OCc3ccccc3)[C@@H]2C(=O)N1c1cccc(C(F)(F)F)c1. The van der Waals surface area contributed by atoms with Gasteiger partial charge in [0.2, 0.25) is 11.8 Å². The van der Waals surface area contributed by atoms with E-state index in [9.17, 15) is 27.6 Å². The van der Waals surface area contributed by atoms with E-state index in [1.165, 1.54) is 17.0 Å². The largest absolute Gasteiger partial charge is 0.445 e. The van der Waals surface area contributed by atoms with Gasteiger partial charge in [-0.3, -0.25) is 9.59 Å². The fraction of sp³-hybridized carbons (Fsp3) is 0.375. The zero-order chi connectivity index (χ0) is 23.3. The predicted octanol–water partition coefficient (Wildman–Crippen LogP) is 4.24. The molecular formula is C24H21F3N2O4. The molecule has 33 heavy (non-hydrogen) atoms. The molecule has 0 N–H and O–H groups in total. The highest BCUT2D eigenvalue weighted by Crippen LogP contribution is 2.49. The molecule has 4 fully saturated rings. The monoisotopic (exact) mass is 458 g/mol. The van der Waals surface area contributed by atoms with Gasteiger partial charge in [0.25, 0.3) is 0 Å². The fourth-order valence-electron chi connectivity index (χ4n) is 5.39. The summed E-state index contributed by atoms with van der Waals surface area (Å²) in [6, 6.07) is 12.9. The van der Waals surface area contributed by atoms with Crippen LogP contribution in [0.25, 0.3) is 0 Å². The maximum absolute atomic E-state index is 13.3. The van der Waals surface area contributed by atoms with E-state index in [0.717, 1.165) is 22.6 Å². The van der Waals surface area contributed by atoms with Crippen LogP contribution < -0.4 is 4.90 Å². The third-order valence-electron chi connectivity index (χ3n) is 6.86. The van der Waals surface area contributed by atoms with Crippen molar-refractivity contribution in [2.45, 2.75) is 31.7 Å². The predicted molar refractivity (Wildman–Crippen MR) is 111 cm³/mol. The topological polar surface area (TPSA) is 66.9 Å². The highest BCUT2D eigenvalue weighted by atomic mass is 19.4. The number of ether oxygens (including phenoxy) is 1. The van der Waals surface area contributed by atoms with Crippen LogP contribution >= 0.6 is 0 Å². The number of amides is 3. The number of hydrogen-bond donors (Lipinski definition) is 0. The molecule has 2 bridgehead atoms. The Balaban J connectivity index is 1.37. The van der Waals surface area contributed by atoms with Gasteiger partial charge in [0.15, 0.2) is 0 Å². The molecule has 6 rings (SSSR count). The standard InChI is InChI=1S/C24H21F3N2O4/c25-24(26,27)16-7-4-8-17(11-16)29-21(30)19-15-9-10-18(20(19)22(29)31)28(12-15)23(32)33-13-14-5-2-1-3-6-14/h1-8,11,15,18-20H,9-10,12-13H2/t15?,18?,19-,20+/m0/s1. The molecule has 1 aliphatic carbocycles. The summed E-state index contributed by atoms with van der Waals surface area (Å²) in [5.74, 6) is -2.69. The van der Waals surface area contributed by atoms with Crippen molar-refractivity contribution in [1.29, 1.82) is 0 Å². The van der Waals surface area contributed by atoms with Crippen molar-refractivity contribution in [3.63, 3.8) is 0 Å². The van der Waals surface area contributed by atoms with Gasteiger partial charge in [-0.25, -0.2) is 9.69 Å². The van der Waals surface area contributed by atoms with E-state index in [-0.39, 0.29) is 24.8 Å². The van der Waals surface area contributed by atoms with Gasteiger partial charge >= 0.3 is 12.3 Å². The van der Waals surface area contributed by atoms with Gasteiger partial charge in [-0.15, -0.1) is 0 Å². The van der Waals surface area contributed by atoms with Crippen LogP contribution in [0.15, 0.2) is 54.6 Å². The van der Waals surface area contributed by atoms with Crippen molar-refractivity contribution in [2.24, 2.45) is 17.8 Å². The van der Waals surface area contributed by atoms with Crippen molar-refractivity contribution in [3.05, 3.63) is 65.7 Å². The van der Waals surface area contributed by atoms with Crippen molar-refractivity contribution < 1.29 is 32.3 Å². The maximum Gasteiger partial charge on any atom is 0.416 e. The number of alkyl halides is 3. The molecule has 0 spiro atoms. The molecule has 172 valence electrons. The summed E-state index contributed by atoms with van der Waals surface area (Å²) < 4.78 is 45.0. The van der Waals surface area contributed by atoms with Crippen LogP contribution in [-0.4, -0.2) is 35.4 Å². The number of piperidine rings is 2. The van der Waals surface area contributed by atoms with Gasteiger partial charge in [-0.05, 0) is 42.5 Å². The second kappa shape index (κ2) is 7.90. The lowest BCUT2D eigenvalue weighted by molar-refractivity contribution is -0.137. The molecule has 2 aromatic rings. The van der Waals surface area contributed by atoms with Crippen molar-refractivity contribution in [1.82, 2.24) is 4.90 Å². The molecule has 0 radical (unpaired) electrons. The van der Waals surface area contributed by atoms with Crippen LogP contribution in [0.1, 0.15) is 24.0 Å². The second-order valence-electron chi connectivity index (χ2n) is 8.71. The van der Waals surface area contributed by atoms with Crippen LogP contribution in [0.5, 0.6) is 0 Å². The number of carbonyl (C=O) groups is 3. The first kappa shape index (κ1) is 21.5. The van der Waals surface area contributed by atoms with Crippen molar-refractivity contribution in [3.8, 4) is 0 Å². The van der Waals surface area contributed by atoms with Crippen LogP contribution in [0.3, 0.4) is 0 Å². The average Bonchev–Trinajstić information content (AvgIpc) is 3.10. The second-order valence-corrected chi connectivity index (χ2v) is 8.71. The highest BCUT2D eigenvalue weighted by molar-refractivity contribution is 6.22. The first-order valence-corrected chi connectivity index (χ1v) is 10.8. The summed E-state index contributed by atoms with van der Waals surface area (Å²) in [5.41, 5.74) is -0.190. The van der Waals surface area contributed by atoms with Crippen LogP contribution in [0.4, 0.5) is 23.7 Å². The zero-order valence-electron chi connectivity index (χ0n) is 17.5. The molecule has 2 aromatic carbocycles. The van der Waals surface area contributed by atoms with Gasteiger partial charge < -0.3 is 9.64 Å². The minimum atomic E-state index is -4.59. The number of fused-ring (bicyclic) bond motifs is 2. The third-order valence-corrected chi connectivity index (χ3v) is 6.86. The number of rotatable bonds is 3. The quantitative estimate of drug-likeness (QED) is 0.646. The minimum Gasteiger partial charge on any atom is -0.445 e. The number of benzene rings is 2. The summed E-state index contributed by atoms with van der Waals surface area (Å²) in [6.07, 6.45) is -3.93. The van der Waals surface area contributed by atoms with Crippen molar-refractivity contribution >= 4 is 23.6 Å². The smallest absolute Gasteiger partial charge is 0.416 e. The Hall–Kier alpha value is -3.36. The van der Waals surface area contributed by atoms with Crippen molar-refractivity contribution in [2.75, 3.05) is 11.4 Å². The van der Waals surface area contributed by atoms with E-state index in [1.54, 1.807) is 0 Å². The lowest BCUT2D eigenvalue weighted by atomic mass is 9.66. The summed E-state index contributed by atoms with van der Waals surface area (Å²) in [4.78, 5) is 41.7. The lowest BCUT2D eigenvalue weighted by Crippen LogP contribution is -2.60. The molecule has 1 saturated carbocycles. The Bertz CT molecular complexity index is 1100. The van der Waals surface area contributed by atoms with Crippen LogP contribution in [-0.2, 0) is 27.1 Å². The summed E-state index contributed by atoms with van der Waals surface area (Å²) in [7, 11) is 0. The van der Waals surface area contributed by atoms with Gasteiger partial charge in [0, 0.05) is 12.6 Å². The van der Waals surface area contributed by atoms with E-state index in [2.05, 4.69) is 0 Å². The van der Waals surface area contributed by atoms with E-state index >= 15 is 0 Å². The number of carbonyl (C=O) groups excluding carboxylic acids is 3. The molecule has 3 saturated heterocycles. The van der Waals surface area contributed by atoms with E-state index in [4.69, 9.17) is 4.74 Å². The van der Waals surface area contributed by atoms with E-state index in [0.29, 0.717) is 12.8 Å². The Morgan fingerprint density at radius 3 is 2.42 bits per heavy atom. The van der Waals surface area contributed by atoms with E-state index in [1.807, 2.05) is 30.3 Å². The molecule has 3 heterocycles.